The van der Waals surface area contributed by atoms with E-state index in [1.54, 1.807) is 0 Å². The van der Waals surface area contributed by atoms with Gasteiger partial charge in [-0.2, -0.15) is 0 Å². The van der Waals surface area contributed by atoms with Gasteiger partial charge in [-0.25, -0.2) is 0 Å². The van der Waals surface area contributed by atoms with E-state index in [9.17, 15) is 9.90 Å². The molecule has 0 aliphatic carbocycles. The molecule has 1 aliphatic heterocycles. The van der Waals surface area contributed by atoms with Crippen molar-refractivity contribution in [3.8, 4) is 0 Å². The highest BCUT2D eigenvalue weighted by Crippen LogP contribution is 2.18. The number of carbonyl (C=O) groups is 1. The normalized spacial score (nSPS) is 17.9. The molecule has 1 heterocycles. The monoisotopic (exact) mass is 247 g/mol. The van der Waals surface area contributed by atoms with Crippen molar-refractivity contribution in [1.82, 2.24) is 4.90 Å². The fourth-order valence-corrected chi connectivity index (χ4v) is 2.84. The van der Waals surface area contributed by atoms with Crippen LogP contribution in [0.3, 0.4) is 0 Å². The van der Waals surface area contributed by atoms with E-state index in [4.69, 9.17) is 0 Å². The number of aryl methyl sites for hydroxylation is 2. The molecule has 18 heavy (non-hydrogen) atoms. The molecular weight excluding hydrogens is 226 g/mol. The van der Waals surface area contributed by atoms with Crippen molar-refractivity contribution >= 4 is 5.97 Å². The Hall–Kier alpha value is -1.35. The highest BCUT2D eigenvalue weighted by Gasteiger charge is 2.27. The van der Waals surface area contributed by atoms with E-state index >= 15 is 0 Å². The second-order valence-corrected chi connectivity index (χ2v) is 5.30. The summed E-state index contributed by atoms with van der Waals surface area (Å²) in [5.74, 6) is -0.698. The second kappa shape index (κ2) is 5.53. The number of nitrogens with zero attached hydrogens (tertiary/aromatic N) is 1. The van der Waals surface area contributed by atoms with Gasteiger partial charge in [-0.15, -0.1) is 0 Å². The van der Waals surface area contributed by atoms with Gasteiger partial charge in [0.05, 0.1) is 0 Å². The summed E-state index contributed by atoms with van der Waals surface area (Å²) in [6.45, 7) is 5.95. The number of carboxylic acid groups (broad SMARTS) is 1. The third kappa shape index (κ3) is 3.10. The van der Waals surface area contributed by atoms with Crippen LogP contribution in [0.25, 0.3) is 0 Å². The Balaban J connectivity index is 2.15. The molecule has 1 N–H and O–H groups in total. The van der Waals surface area contributed by atoms with Gasteiger partial charge in [0, 0.05) is 0 Å². The molecule has 0 aromatic heterocycles. The maximum absolute atomic E-state index is 11.4. The molecule has 0 amide bonds. The molecule has 3 nitrogen and oxygen atoms in total. The zero-order valence-corrected chi connectivity index (χ0v) is 11.1. The molecule has 3 heteroatoms. The van der Waals surface area contributed by atoms with Crippen molar-refractivity contribution in [2.45, 2.75) is 39.2 Å². The summed E-state index contributed by atoms with van der Waals surface area (Å²) < 4.78 is 0. The smallest absolute Gasteiger partial charge is 0.321 e. The summed E-state index contributed by atoms with van der Waals surface area (Å²) in [6.07, 6.45) is 2.85. The quantitative estimate of drug-likeness (QED) is 0.888. The van der Waals surface area contributed by atoms with Crippen LogP contribution in [-0.4, -0.2) is 35.1 Å². The van der Waals surface area contributed by atoms with Crippen LogP contribution in [0.4, 0.5) is 0 Å². The van der Waals surface area contributed by atoms with E-state index in [0.29, 0.717) is 6.42 Å². The molecule has 1 fully saturated rings. The average molecular weight is 247 g/mol. The molecule has 1 atom stereocenters. The van der Waals surface area contributed by atoms with Crippen molar-refractivity contribution < 1.29 is 9.90 Å². The van der Waals surface area contributed by atoms with Gasteiger partial charge in [-0.05, 0) is 51.8 Å². The third-order valence-electron chi connectivity index (χ3n) is 3.58. The van der Waals surface area contributed by atoms with Gasteiger partial charge in [0.15, 0.2) is 0 Å². The number of benzene rings is 1. The van der Waals surface area contributed by atoms with Crippen LogP contribution in [-0.2, 0) is 11.2 Å². The lowest BCUT2D eigenvalue weighted by Gasteiger charge is -2.24. The first kappa shape index (κ1) is 13.1. The van der Waals surface area contributed by atoms with Crippen LogP contribution in [0.15, 0.2) is 18.2 Å². The molecular formula is C15H21NO2. The van der Waals surface area contributed by atoms with E-state index < -0.39 is 5.97 Å². The van der Waals surface area contributed by atoms with Crippen molar-refractivity contribution in [2.75, 3.05) is 13.1 Å². The van der Waals surface area contributed by atoms with Crippen LogP contribution in [0.2, 0.25) is 0 Å². The molecule has 0 saturated carbocycles. The number of aliphatic carboxylic acids is 1. The number of carboxylic acids is 1. The highest BCUT2D eigenvalue weighted by atomic mass is 16.4. The standard InChI is InChI=1S/C15H21NO2/c1-11-7-12(2)9-13(8-11)10-14(15(17)18)16-5-3-4-6-16/h7-9,14H,3-6,10H2,1-2H3,(H,17,18). The zero-order valence-electron chi connectivity index (χ0n) is 11.1. The minimum absolute atomic E-state index is 0.367. The van der Waals surface area contributed by atoms with Crippen molar-refractivity contribution in [3.63, 3.8) is 0 Å². The molecule has 98 valence electrons. The minimum Gasteiger partial charge on any atom is -0.480 e. The number of hydrogen-bond donors (Lipinski definition) is 1. The molecule has 1 unspecified atom stereocenters. The van der Waals surface area contributed by atoms with E-state index in [-0.39, 0.29) is 6.04 Å². The Morgan fingerprint density at radius 3 is 2.28 bits per heavy atom. The van der Waals surface area contributed by atoms with Gasteiger partial charge in [-0.1, -0.05) is 29.3 Å². The fourth-order valence-electron chi connectivity index (χ4n) is 2.84. The number of hydrogen-bond acceptors (Lipinski definition) is 2. The van der Waals surface area contributed by atoms with Crippen LogP contribution < -0.4 is 0 Å². The Kier molecular flexibility index (Phi) is 4.02. The predicted octanol–water partition coefficient (Wildman–Crippen LogP) is 2.39. The van der Waals surface area contributed by atoms with Crippen LogP contribution in [0.5, 0.6) is 0 Å². The van der Waals surface area contributed by atoms with Crippen LogP contribution in [0, 0.1) is 13.8 Å². The summed E-state index contributed by atoms with van der Waals surface area (Å²) in [7, 11) is 0. The number of likely N-dealkylation sites (tertiary alicyclic amines) is 1. The van der Waals surface area contributed by atoms with E-state index in [2.05, 4.69) is 36.9 Å². The van der Waals surface area contributed by atoms with Gasteiger partial charge >= 0.3 is 5.97 Å². The lowest BCUT2D eigenvalue weighted by atomic mass is 10.0. The lowest BCUT2D eigenvalue weighted by Crippen LogP contribution is -2.40. The Labute approximate surface area is 108 Å². The van der Waals surface area contributed by atoms with Crippen molar-refractivity contribution in [2.24, 2.45) is 0 Å². The molecule has 1 saturated heterocycles. The zero-order chi connectivity index (χ0) is 13.1. The summed E-state index contributed by atoms with van der Waals surface area (Å²) in [6, 6.07) is 5.95. The summed E-state index contributed by atoms with van der Waals surface area (Å²) in [5.41, 5.74) is 3.54. The van der Waals surface area contributed by atoms with Gasteiger partial charge < -0.3 is 5.11 Å². The maximum Gasteiger partial charge on any atom is 0.321 e. The first-order valence-electron chi connectivity index (χ1n) is 6.60. The predicted molar refractivity (Wildman–Crippen MR) is 71.9 cm³/mol. The van der Waals surface area contributed by atoms with E-state index in [1.807, 2.05) is 0 Å². The molecule has 1 aliphatic rings. The van der Waals surface area contributed by atoms with Gasteiger partial charge in [-0.3, -0.25) is 9.69 Å². The topological polar surface area (TPSA) is 40.5 Å². The van der Waals surface area contributed by atoms with Crippen molar-refractivity contribution in [3.05, 3.63) is 34.9 Å². The van der Waals surface area contributed by atoms with Crippen LogP contribution in [0.1, 0.15) is 29.5 Å². The Bertz CT molecular complexity index is 416. The number of rotatable bonds is 4. The maximum atomic E-state index is 11.4. The van der Waals surface area contributed by atoms with Crippen molar-refractivity contribution in [1.29, 1.82) is 0 Å². The summed E-state index contributed by atoms with van der Waals surface area (Å²) in [5, 5.41) is 9.39. The van der Waals surface area contributed by atoms with Gasteiger partial charge in [0.25, 0.3) is 0 Å². The molecule has 1 aromatic carbocycles. The Morgan fingerprint density at radius 1 is 1.22 bits per heavy atom. The van der Waals surface area contributed by atoms with Gasteiger partial charge in [0.2, 0.25) is 0 Å². The van der Waals surface area contributed by atoms with Gasteiger partial charge in [0.1, 0.15) is 6.04 Å². The summed E-state index contributed by atoms with van der Waals surface area (Å²) in [4.78, 5) is 13.5. The SMILES string of the molecule is Cc1cc(C)cc(CC(C(=O)O)N2CCCC2)c1. The average Bonchev–Trinajstić information content (AvgIpc) is 2.77. The first-order chi connectivity index (χ1) is 8.56. The Morgan fingerprint density at radius 2 is 1.78 bits per heavy atom. The molecule has 0 radical (unpaired) electrons. The molecule has 0 spiro atoms. The lowest BCUT2D eigenvalue weighted by molar-refractivity contribution is -0.142. The molecule has 0 bridgehead atoms. The largest absolute Gasteiger partial charge is 0.480 e. The minimum atomic E-state index is -0.698. The molecule has 2 rings (SSSR count). The molecule has 1 aromatic rings. The summed E-state index contributed by atoms with van der Waals surface area (Å²) >= 11 is 0. The van der Waals surface area contributed by atoms with E-state index in [1.165, 1.54) is 11.1 Å². The second-order valence-electron chi connectivity index (χ2n) is 5.30. The fraction of sp³-hybridized carbons (Fsp3) is 0.533. The highest BCUT2D eigenvalue weighted by molar-refractivity contribution is 5.74. The van der Waals surface area contributed by atoms with E-state index in [0.717, 1.165) is 31.5 Å². The van der Waals surface area contributed by atoms with Crippen LogP contribution >= 0.6 is 0 Å². The third-order valence-corrected chi connectivity index (χ3v) is 3.58. The first-order valence-corrected chi connectivity index (χ1v) is 6.60.